The zero-order valence-corrected chi connectivity index (χ0v) is 13.6. The zero-order chi connectivity index (χ0) is 10.9. The van der Waals surface area contributed by atoms with Crippen molar-refractivity contribution >= 4 is 5.57 Å². The van der Waals surface area contributed by atoms with E-state index in [4.69, 9.17) is 0 Å². The van der Waals surface area contributed by atoms with Crippen LogP contribution in [0.3, 0.4) is 0 Å². The quantitative estimate of drug-likeness (QED) is 0.800. The minimum Gasteiger partial charge on any atom is -0.358 e. The van der Waals surface area contributed by atoms with Gasteiger partial charge in [0.25, 0.3) is 0 Å². The van der Waals surface area contributed by atoms with Crippen molar-refractivity contribution in [3.8, 4) is 0 Å². The van der Waals surface area contributed by atoms with Gasteiger partial charge >= 0.3 is 32.7 Å². The molecular weight excluding hydrogens is 285 g/mol. The maximum Gasteiger partial charge on any atom is 3.00 e. The molecule has 17 heavy (non-hydrogen) atoms. The second-order valence-electron chi connectivity index (χ2n) is 3.96. The molecule has 0 aromatic carbocycles. The van der Waals surface area contributed by atoms with E-state index in [-0.39, 0.29) is 45.6 Å². The number of allylic oxidation sites excluding steroid dienone is 2. The van der Waals surface area contributed by atoms with Crippen LogP contribution in [-0.4, -0.2) is 9.97 Å². The van der Waals surface area contributed by atoms with E-state index in [1.54, 1.807) is 6.33 Å². The average Bonchev–Trinajstić information content (AvgIpc) is 2.64. The van der Waals surface area contributed by atoms with Gasteiger partial charge in [-0.05, 0) is 17.4 Å². The SMILES string of the molecule is [CH2-]CC1(C[CH2-])C=C(CC)c2cncnc21.[CH3-].[Y+3]. The number of fused-ring (bicyclic) bond motifs is 1. The molecule has 88 valence electrons. The van der Waals surface area contributed by atoms with Gasteiger partial charge in [0.05, 0.1) is 5.69 Å². The molecule has 1 aliphatic carbocycles. The van der Waals surface area contributed by atoms with Crippen LogP contribution >= 0.6 is 0 Å². The second-order valence-corrected chi connectivity index (χ2v) is 3.96. The Labute approximate surface area is 130 Å². The van der Waals surface area contributed by atoms with E-state index in [0.29, 0.717) is 0 Å². The first-order valence-electron chi connectivity index (χ1n) is 5.38. The van der Waals surface area contributed by atoms with E-state index in [1.165, 1.54) is 11.1 Å². The van der Waals surface area contributed by atoms with Gasteiger partial charge in [0, 0.05) is 11.8 Å². The molecule has 0 aliphatic heterocycles. The molecule has 1 heterocycles. The summed E-state index contributed by atoms with van der Waals surface area (Å²) in [7, 11) is 0. The van der Waals surface area contributed by atoms with Gasteiger partial charge in [0.1, 0.15) is 6.33 Å². The monoisotopic (exact) mass is 304 g/mol. The number of hydrogen-bond acceptors (Lipinski definition) is 2. The van der Waals surface area contributed by atoms with Crippen molar-refractivity contribution in [2.45, 2.75) is 31.6 Å². The van der Waals surface area contributed by atoms with Gasteiger partial charge in [-0.2, -0.15) is 12.8 Å². The third kappa shape index (κ3) is 2.68. The van der Waals surface area contributed by atoms with E-state index in [9.17, 15) is 0 Å². The van der Waals surface area contributed by atoms with Crippen molar-refractivity contribution < 1.29 is 32.7 Å². The molecule has 2 nitrogen and oxygen atoms in total. The molecule has 0 spiro atoms. The molecule has 2 rings (SSSR count). The fraction of sp³-hybridized carbons (Fsp3) is 0.357. The molecule has 0 N–H and O–H groups in total. The topological polar surface area (TPSA) is 25.8 Å². The molecule has 1 aromatic rings. The first-order chi connectivity index (χ1) is 7.27. The number of aromatic nitrogens is 2. The summed E-state index contributed by atoms with van der Waals surface area (Å²) in [5.74, 6) is 0. The minimum atomic E-state index is -0.0520. The molecule has 0 saturated carbocycles. The van der Waals surface area contributed by atoms with Gasteiger partial charge in [0.15, 0.2) is 0 Å². The molecular formula is C14H19N2Y. The van der Waals surface area contributed by atoms with Crippen molar-refractivity contribution in [3.05, 3.63) is 51.1 Å². The van der Waals surface area contributed by atoms with E-state index >= 15 is 0 Å². The third-order valence-corrected chi connectivity index (χ3v) is 3.25. The molecule has 3 heteroatoms. The smallest absolute Gasteiger partial charge is 0.358 e. The van der Waals surface area contributed by atoms with E-state index < -0.39 is 0 Å². The van der Waals surface area contributed by atoms with Gasteiger partial charge in [-0.25, -0.2) is 9.97 Å². The van der Waals surface area contributed by atoms with Crippen LogP contribution in [0.1, 0.15) is 37.4 Å². The molecule has 0 saturated heterocycles. The summed E-state index contributed by atoms with van der Waals surface area (Å²) in [6.07, 6.45) is 8.44. The summed E-state index contributed by atoms with van der Waals surface area (Å²) >= 11 is 0. The third-order valence-electron chi connectivity index (χ3n) is 3.25. The predicted octanol–water partition coefficient (Wildman–Crippen LogP) is 3.42. The van der Waals surface area contributed by atoms with Gasteiger partial charge in [-0.15, -0.1) is 0 Å². The Kier molecular flexibility index (Phi) is 6.72. The van der Waals surface area contributed by atoms with Crippen LogP contribution in [0.15, 0.2) is 18.6 Å². The van der Waals surface area contributed by atoms with Gasteiger partial charge in [-0.3, -0.25) is 0 Å². The fourth-order valence-electron chi connectivity index (χ4n) is 2.24. The average molecular weight is 304 g/mol. The van der Waals surface area contributed by atoms with Gasteiger partial charge in [0.2, 0.25) is 0 Å². The minimum absolute atomic E-state index is 0. The molecule has 1 aromatic heterocycles. The predicted molar refractivity (Wildman–Crippen MR) is 68.3 cm³/mol. The molecule has 0 bridgehead atoms. The largest absolute Gasteiger partial charge is 3.00 e. The first kappa shape index (κ1) is 16.9. The Balaban J connectivity index is 0.00000128. The second kappa shape index (κ2) is 6.75. The van der Waals surface area contributed by atoms with Crippen LogP contribution < -0.4 is 0 Å². The molecule has 0 amide bonds. The molecule has 0 atom stereocenters. The van der Waals surface area contributed by atoms with Crippen molar-refractivity contribution in [1.29, 1.82) is 0 Å². The summed E-state index contributed by atoms with van der Waals surface area (Å²) in [6.45, 7) is 10.2. The Hall–Kier alpha value is -0.0761. The molecule has 0 unspecified atom stereocenters. The van der Waals surface area contributed by atoms with Crippen molar-refractivity contribution in [1.82, 2.24) is 9.97 Å². The molecule has 0 fully saturated rings. The van der Waals surface area contributed by atoms with Gasteiger partial charge in [-0.1, -0.05) is 13.0 Å². The van der Waals surface area contributed by atoms with E-state index in [2.05, 4.69) is 36.8 Å². The van der Waals surface area contributed by atoms with Crippen molar-refractivity contribution in [2.24, 2.45) is 0 Å². The van der Waals surface area contributed by atoms with Crippen LogP contribution in [0.25, 0.3) is 5.57 Å². The Morgan fingerprint density at radius 1 is 1.29 bits per heavy atom. The summed E-state index contributed by atoms with van der Waals surface area (Å²) in [5, 5.41) is 0. The Morgan fingerprint density at radius 2 is 1.94 bits per heavy atom. The van der Waals surface area contributed by atoms with E-state index in [0.717, 1.165) is 25.0 Å². The standard InChI is InChI=1S/C13H16N2.CH3.Y/c1-4-10-7-13(5-2,6-3)12-11(10)8-14-9-15-12;;/h7-9H,2-6H2,1H3;1H3;/q-2;-1;+3. The fourth-order valence-corrected chi connectivity index (χ4v) is 2.24. The van der Waals surface area contributed by atoms with Crippen molar-refractivity contribution in [3.63, 3.8) is 0 Å². The maximum absolute atomic E-state index is 4.41. The maximum atomic E-state index is 4.41. The Bertz CT molecular complexity index is 395. The number of nitrogens with zero attached hydrogens (tertiary/aromatic N) is 2. The summed E-state index contributed by atoms with van der Waals surface area (Å²) in [5.41, 5.74) is 3.58. The summed E-state index contributed by atoms with van der Waals surface area (Å²) in [4.78, 5) is 8.51. The van der Waals surface area contributed by atoms with Crippen LogP contribution in [0.5, 0.6) is 0 Å². The van der Waals surface area contributed by atoms with Crippen LogP contribution in [0, 0.1) is 21.3 Å². The van der Waals surface area contributed by atoms with Crippen LogP contribution in [-0.2, 0) is 38.1 Å². The summed E-state index contributed by atoms with van der Waals surface area (Å²) < 4.78 is 0. The van der Waals surface area contributed by atoms with Gasteiger partial charge < -0.3 is 21.3 Å². The molecule has 0 radical (unpaired) electrons. The Morgan fingerprint density at radius 3 is 2.47 bits per heavy atom. The van der Waals surface area contributed by atoms with Crippen LogP contribution in [0.2, 0.25) is 0 Å². The van der Waals surface area contributed by atoms with Crippen LogP contribution in [0.4, 0.5) is 0 Å². The number of hydrogen-bond donors (Lipinski definition) is 0. The summed E-state index contributed by atoms with van der Waals surface area (Å²) in [6, 6.07) is 0. The zero-order valence-electron chi connectivity index (χ0n) is 10.7. The normalized spacial score (nSPS) is 15.4. The number of rotatable bonds is 3. The molecule has 1 aliphatic rings. The van der Waals surface area contributed by atoms with Crippen molar-refractivity contribution in [2.75, 3.05) is 0 Å². The van der Waals surface area contributed by atoms with E-state index in [1.807, 2.05) is 6.20 Å². The first-order valence-corrected chi connectivity index (χ1v) is 5.38.